The third-order valence-electron chi connectivity index (χ3n) is 4.43. The molecule has 170 valence electrons. The summed E-state index contributed by atoms with van der Waals surface area (Å²) in [6.07, 6.45) is 1.02. The minimum Gasteiger partial charge on any atom is -0.434 e. The number of ether oxygens (including phenoxy) is 1. The van der Waals surface area contributed by atoms with Gasteiger partial charge >= 0.3 is 11.6 Å². The van der Waals surface area contributed by atoms with Crippen molar-refractivity contribution in [2.75, 3.05) is 5.43 Å². The van der Waals surface area contributed by atoms with Crippen LogP contribution in [0.4, 0.5) is 17.2 Å². The van der Waals surface area contributed by atoms with E-state index in [0.29, 0.717) is 11.7 Å². The van der Waals surface area contributed by atoms with Crippen LogP contribution in [0, 0.1) is 20.2 Å². The molecule has 0 unspecified atom stereocenters. The van der Waals surface area contributed by atoms with E-state index in [1.54, 1.807) is 12.1 Å². The van der Waals surface area contributed by atoms with Gasteiger partial charge in [-0.3, -0.25) is 35.9 Å². The van der Waals surface area contributed by atoms with Crippen molar-refractivity contribution in [1.82, 2.24) is 15.4 Å². The zero-order chi connectivity index (χ0) is 24.1. The highest BCUT2D eigenvalue weighted by atomic mass is 35.5. The van der Waals surface area contributed by atoms with Crippen LogP contribution < -0.4 is 15.6 Å². The molecule has 13 heteroatoms. The van der Waals surface area contributed by atoms with Gasteiger partial charge in [0.1, 0.15) is 17.1 Å². The van der Waals surface area contributed by atoms with Crippen LogP contribution in [-0.2, 0) is 0 Å². The van der Waals surface area contributed by atoms with E-state index in [9.17, 15) is 25.0 Å². The normalized spacial score (nSPS) is 10.5. The van der Waals surface area contributed by atoms with E-state index in [1.165, 1.54) is 12.1 Å². The van der Waals surface area contributed by atoms with Crippen LogP contribution in [0.25, 0.3) is 0 Å². The number of hydrogen-bond acceptors (Lipinski definition) is 9. The number of nitrogens with zero attached hydrogens (tertiary/aromatic N) is 4. The standard InChI is InChI=1S/C20H17ClN6O6/c1-11(2)12-3-6-14(7-4-12)33-20-17(27(31)32)18(22-10-23-20)24-25-19(28)13-5-8-15(21)16(9-13)26(29)30/h3-11H,1-2H3,(H,25,28)(H,22,23,24). The molecule has 0 aliphatic heterocycles. The van der Waals surface area contributed by atoms with Crippen LogP contribution in [-0.4, -0.2) is 25.7 Å². The number of nitro groups is 2. The average molecular weight is 473 g/mol. The van der Waals surface area contributed by atoms with Crippen molar-refractivity contribution in [3.8, 4) is 11.6 Å². The summed E-state index contributed by atoms with van der Waals surface area (Å²) in [5.74, 6) is -0.875. The monoisotopic (exact) mass is 472 g/mol. The number of amides is 1. The molecule has 0 radical (unpaired) electrons. The number of carbonyl (C=O) groups is 1. The second-order valence-corrected chi connectivity index (χ2v) is 7.37. The van der Waals surface area contributed by atoms with Gasteiger partial charge in [-0.25, -0.2) is 4.98 Å². The van der Waals surface area contributed by atoms with Crippen LogP contribution in [0.15, 0.2) is 48.8 Å². The van der Waals surface area contributed by atoms with E-state index >= 15 is 0 Å². The fraction of sp³-hybridized carbons (Fsp3) is 0.150. The van der Waals surface area contributed by atoms with E-state index in [0.717, 1.165) is 18.0 Å². The number of aromatic nitrogens is 2. The molecule has 1 heterocycles. The summed E-state index contributed by atoms with van der Waals surface area (Å²) in [6.45, 7) is 4.05. The summed E-state index contributed by atoms with van der Waals surface area (Å²) < 4.78 is 5.56. The van der Waals surface area contributed by atoms with Gasteiger partial charge in [0.15, 0.2) is 0 Å². The van der Waals surface area contributed by atoms with Crippen molar-refractivity contribution >= 4 is 34.7 Å². The number of nitrogens with one attached hydrogen (secondary N) is 2. The molecule has 0 aliphatic carbocycles. The first-order chi connectivity index (χ1) is 15.7. The molecule has 0 spiro atoms. The Morgan fingerprint density at radius 3 is 2.36 bits per heavy atom. The molecule has 0 fully saturated rings. The molecule has 0 saturated heterocycles. The fourth-order valence-electron chi connectivity index (χ4n) is 2.71. The molecular weight excluding hydrogens is 456 g/mol. The van der Waals surface area contributed by atoms with Gasteiger partial charge in [0.2, 0.25) is 5.82 Å². The third-order valence-corrected chi connectivity index (χ3v) is 4.75. The molecule has 3 rings (SSSR count). The quantitative estimate of drug-likeness (QED) is 0.351. The Hall–Kier alpha value is -4.32. The molecule has 2 N–H and O–H groups in total. The molecule has 1 aromatic heterocycles. The van der Waals surface area contributed by atoms with Crippen LogP contribution in [0.2, 0.25) is 5.02 Å². The predicted molar refractivity (Wildman–Crippen MR) is 118 cm³/mol. The summed E-state index contributed by atoms with van der Waals surface area (Å²) in [4.78, 5) is 41.1. The number of benzene rings is 2. The van der Waals surface area contributed by atoms with E-state index in [-0.39, 0.29) is 22.3 Å². The zero-order valence-corrected chi connectivity index (χ0v) is 18.1. The van der Waals surface area contributed by atoms with Crippen molar-refractivity contribution in [2.45, 2.75) is 19.8 Å². The maximum Gasteiger partial charge on any atom is 0.374 e. The number of hydrogen-bond donors (Lipinski definition) is 2. The van der Waals surface area contributed by atoms with Crippen LogP contribution in [0.5, 0.6) is 11.6 Å². The molecule has 3 aromatic rings. The molecule has 33 heavy (non-hydrogen) atoms. The Labute approximate surface area is 191 Å². The summed E-state index contributed by atoms with van der Waals surface area (Å²) in [6, 6.07) is 10.4. The topological polar surface area (TPSA) is 162 Å². The van der Waals surface area contributed by atoms with E-state index in [4.69, 9.17) is 16.3 Å². The number of hydrazine groups is 1. The van der Waals surface area contributed by atoms with Crippen molar-refractivity contribution in [3.63, 3.8) is 0 Å². The van der Waals surface area contributed by atoms with Crippen molar-refractivity contribution in [2.24, 2.45) is 0 Å². The number of anilines is 1. The smallest absolute Gasteiger partial charge is 0.374 e. The Bertz CT molecular complexity index is 1220. The molecule has 0 saturated carbocycles. The van der Waals surface area contributed by atoms with Crippen molar-refractivity contribution in [3.05, 3.63) is 85.2 Å². The van der Waals surface area contributed by atoms with Gasteiger partial charge in [0.05, 0.1) is 9.85 Å². The van der Waals surface area contributed by atoms with Gasteiger partial charge < -0.3 is 4.74 Å². The molecule has 1 amide bonds. The summed E-state index contributed by atoms with van der Waals surface area (Å²) >= 11 is 5.74. The summed E-state index contributed by atoms with van der Waals surface area (Å²) in [7, 11) is 0. The van der Waals surface area contributed by atoms with Crippen LogP contribution >= 0.6 is 11.6 Å². The minimum absolute atomic E-state index is 0.1000. The van der Waals surface area contributed by atoms with Gasteiger partial charge in [-0.15, -0.1) is 0 Å². The van der Waals surface area contributed by atoms with Crippen molar-refractivity contribution < 1.29 is 19.4 Å². The second kappa shape index (κ2) is 9.87. The van der Waals surface area contributed by atoms with Gasteiger partial charge in [0, 0.05) is 11.6 Å². The first-order valence-electron chi connectivity index (χ1n) is 9.45. The zero-order valence-electron chi connectivity index (χ0n) is 17.3. The van der Waals surface area contributed by atoms with Crippen LogP contribution in [0.3, 0.4) is 0 Å². The number of rotatable bonds is 8. The second-order valence-electron chi connectivity index (χ2n) is 6.96. The Morgan fingerprint density at radius 2 is 1.76 bits per heavy atom. The molecule has 0 bridgehead atoms. The lowest BCUT2D eigenvalue weighted by Crippen LogP contribution is -2.30. The maximum absolute atomic E-state index is 12.4. The lowest BCUT2D eigenvalue weighted by molar-refractivity contribution is -0.385. The lowest BCUT2D eigenvalue weighted by Gasteiger charge is -2.11. The van der Waals surface area contributed by atoms with Gasteiger partial charge in [-0.05, 0) is 35.7 Å². The highest BCUT2D eigenvalue weighted by molar-refractivity contribution is 6.32. The van der Waals surface area contributed by atoms with Gasteiger partial charge in [0.25, 0.3) is 11.6 Å². The Balaban J connectivity index is 1.81. The summed E-state index contributed by atoms with van der Waals surface area (Å²) in [5, 5.41) is 22.5. The van der Waals surface area contributed by atoms with E-state index in [2.05, 4.69) is 20.8 Å². The molecule has 0 atom stereocenters. The molecule has 0 aliphatic rings. The van der Waals surface area contributed by atoms with E-state index < -0.39 is 27.1 Å². The molecular formula is C20H17ClN6O6. The molecule has 2 aromatic carbocycles. The van der Waals surface area contributed by atoms with Crippen molar-refractivity contribution in [1.29, 1.82) is 0 Å². The highest BCUT2D eigenvalue weighted by Crippen LogP contribution is 2.34. The first-order valence-corrected chi connectivity index (χ1v) is 9.82. The predicted octanol–water partition coefficient (Wildman–Crippen LogP) is 4.62. The third kappa shape index (κ3) is 5.49. The first kappa shape index (κ1) is 23.3. The fourth-order valence-corrected chi connectivity index (χ4v) is 2.89. The maximum atomic E-state index is 12.4. The number of carbonyl (C=O) groups excluding carboxylic acids is 1. The van der Waals surface area contributed by atoms with Gasteiger partial charge in [-0.2, -0.15) is 4.98 Å². The SMILES string of the molecule is CC(C)c1ccc(Oc2ncnc(NNC(=O)c3ccc(Cl)c([N+](=O)[O-])c3)c2[N+](=O)[O-])cc1. The largest absolute Gasteiger partial charge is 0.434 e. The summed E-state index contributed by atoms with van der Waals surface area (Å²) in [5.41, 5.74) is 4.42. The number of halogens is 1. The Kier molecular flexibility index (Phi) is 6.98. The van der Waals surface area contributed by atoms with E-state index in [1.807, 2.05) is 26.0 Å². The van der Waals surface area contributed by atoms with Crippen LogP contribution in [0.1, 0.15) is 35.7 Å². The number of nitro benzene ring substituents is 1. The molecule has 12 nitrogen and oxygen atoms in total. The lowest BCUT2D eigenvalue weighted by atomic mass is 10.0. The Morgan fingerprint density at radius 1 is 1.06 bits per heavy atom. The highest BCUT2D eigenvalue weighted by Gasteiger charge is 2.26. The average Bonchev–Trinajstić information content (AvgIpc) is 2.77. The minimum atomic E-state index is -0.811. The van der Waals surface area contributed by atoms with Gasteiger partial charge in [-0.1, -0.05) is 37.6 Å².